The van der Waals surface area contributed by atoms with Gasteiger partial charge in [-0.15, -0.1) is 0 Å². The van der Waals surface area contributed by atoms with Gasteiger partial charge in [-0.25, -0.2) is 9.78 Å². The molecule has 0 aromatic carbocycles. The van der Waals surface area contributed by atoms with Gasteiger partial charge in [-0.2, -0.15) is 0 Å². The predicted octanol–water partition coefficient (Wildman–Crippen LogP) is 1.26. The van der Waals surface area contributed by atoms with Crippen molar-refractivity contribution in [2.24, 2.45) is 0 Å². The second-order valence-electron chi connectivity index (χ2n) is 3.54. The number of rotatable bonds is 3. The molecule has 0 aliphatic rings. The molecule has 0 radical (unpaired) electrons. The minimum absolute atomic E-state index is 0.0397. The van der Waals surface area contributed by atoms with E-state index in [4.69, 9.17) is 4.74 Å². The lowest BCUT2D eigenvalue weighted by Gasteiger charge is -2.04. The summed E-state index contributed by atoms with van der Waals surface area (Å²) in [7, 11) is 0. The number of hydrogen-bond acceptors (Lipinski definition) is 4. The van der Waals surface area contributed by atoms with E-state index in [2.05, 4.69) is 4.98 Å². The zero-order chi connectivity index (χ0) is 12.3. The van der Waals surface area contributed by atoms with E-state index < -0.39 is 11.5 Å². The van der Waals surface area contributed by atoms with E-state index in [1.54, 1.807) is 24.4 Å². The first kappa shape index (κ1) is 11.3. The fourth-order valence-corrected chi connectivity index (χ4v) is 1.44. The topological polar surface area (TPSA) is 60.7 Å². The number of nitrogens with zero attached hydrogens (tertiary/aromatic N) is 2. The standard InChI is InChI=1S/C12H12N2O3/c1-2-7-17-12(16)9-8-13-10-5-3-4-6-14(10)11(9)15/h3-6,8H,2,7H2,1H3. The largest absolute Gasteiger partial charge is 0.462 e. The van der Waals surface area contributed by atoms with Crippen molar-refractivity contribution in [2.45, 2.75) is 13.3 Å². The van der Waals surface area contributed by atoms with Crippen molar-refractivity contribution in [3.63, 3.8) is 0 Å². The Kier molecular flexibility index (Phi) is 3.18. The summed E-state index contributed by atoms with van der Waals surface area (Å²) in [6.07, 6.45) is 3.55. The van der Waals surface area contributed by atoms with Gasteiger partial charge in [-0.3, -0.25) is 9.20 Å². The molecule has 0 aliphatic carbocycles. The highest BCUT2D eigenvalue weighted by atomic mass is 16.5. The van der Waals surface area contributed by atoms with Gasteiger partial charge in [0.1, 0.15) is 11.2 Å². The van der Waals surface area contributed by atoms with E-state index in [1.165, 1.54) is 10.6 Å². The number of hydrogen-bond donors (Lipinski definition) is 0. The molecule has 88 valence electrons. The molecule has 2 heterocycles. The van der Waals surface area contributed by atoms with Gasteiger partial charge in [0, 0.05) is 12.4 Å². The molecule has 0 fully saturated rings. The van der Waals surface area contributed by atoms with Crippen LogP contribution in [0.3, 0.4) is 0 Å². The molecule has 0 N–H and O–H groups in total. The van der Waals surface area contributed by atoms with Crippen LogP contribution in [0.2, 0.25) is 0 Å². The molecule has 17 heavy (non-hydrogen) atoms. The molecule has 0 amide bonds. The third-order valence-electron chi connectivity index (χ3n) is 2.27. The van der Waals surface area contributed by atoms with Crippen molar-refractivity contribution in [1.82, 2.24) is 9.38 Å². The first-order valence-electron chi connectivity index (χ1n) is 5.37. The Balaban J connectivity index is 2.46. The molecule has 2 aromatic rings. The Bertz CT molecular complexity index is 604. The van der Waals surface area contributed by atoms with E-state index in [1.807, 2.05) is 6.92 Å². The summed E-state index contributed by atoms with van der Waals surface area (Å²) in [6.45, 7) is 2.19. The Morgan fingerprint density at radius 3 is 3.06 bits per heavy atom. The van der Waals surface area contributed by atoms with Crippen molar-refractivity contribution in [3.8, 4) is 0 Å². The summed E-state index contributed by atoms with van der Waals surface area (Å²) in [4.78, 5) is 27.6. The van der Waals surface area contributed by atoms with Crippen LogP contribution in [-0.4, -0.2) is 22.0 Å². The highest BCUT2D eigenvalue weighted by Gasteiger charge is 2.13. The van der Waals surface area contributed by atoms with Gasteiger partial charge in [0.05, 0.1) is 6.61 Å². The first-order chi connectivity index (χ1) is 8.24. The number of ether oxygens (including phenoxy) is 1. The molecule has 5 heteroatoms. The van der Waals surface area contributed by atoms with Gasteiger partial charge in [-0.05, 0) is 18.6 Å². The summed E-state index contributed by atoms with van der Waals surface area (Å²) in [5.74, 6) is -0.623. The number of fused-ring (bicyclic) bond motifs is 1. The smallest absolute Gasteiger partial charge is 0.345 e. The Hall–Kier alpha value is -2.17. The third kappa shape index (κ3) is 2.18. The number of carbonyl (C=O) groups excluding carboxylic acids is 1. The van der Waals surface area contributed by atoms with Crippen LogP contribution in [0.25, 0.3) is 5.65 Å². The van der Waals surface area contributed by atoms with E-state index in [0.717, 1.165) is 0 Å². The summed E-state index contributed by atoms with van der Waals surface area (Å²) >= 11 is 0. The fraction of sp³-hybridized carbons (Fsp3) is 0.250. The lowest BCUT2D eigenvalue weighted by Crippen LogP contribution is -2.24. The molecule has 0 saturated heterocycles. The van der Waals surface area contributed by atoms with Gasteiger partial charge >= 0.3 is 5.97 Å². The maximum absolute atomic E-state index is 12.0. The number of aromatic nitrogens is 2. The van der Waals surface area contributed by atoms with Crippen LogP contribution in [0.4, 0.5) is 0 Å². The highest BCUT2D eigenvalue weighted by Crippen LogP contribution is 1.99. The molecule has 0 atom stereocenters. The van der Waals surface area contributed by atoms with Crippen LogP contribution in [0.15, 0.2) is 35.4 Å². The summed E-state index contributed by atoms with van der Waals surface area (Å²) < 4.78 is 6.24. The van der Waals surface area contributed by atoms with Crippen LogP contribution in [0, 0.1) is 0 Å². The molecule has 2 rings (SSSR count). The monoisotopic (exact) mass is 232 g/mol. The highest BCUT2D eigenvalue weighted by molar-refractivity contribution is 5.88. The molecule has 0 unspecified atom stereocenters. The molecular weight excluding hydrogens is 220 g/mol. The number of esters is 1. The molecule has 0 bridgehead atoms. The average Bonchev–Trinajstić information content (AvgIpc) is 2.37. The van der Waals surface area contributed by atoms with Gasteiger partial charge in [0.25, 0.3) is 5.56 Å². The van der Waals surface area contributed by atoms with Gasteiger partial charge < -0.3 is 4.74 Å². The zero-order valence-corrected chi connectivity index (χ0v) is 9.42. The Morgan fingerprint density at radius 2 is 2.29 bits per heavy atom. The van der Waals surface area contributed by atoms with Gasteiger partial charge in [-0.1, -0.05) is 13.0 Å². The second-order valence-corrected chi connectivity index (χ2v) is 3.54. The van der Waals surface area contributed by atoms with E-state index in [-0.39, 0.29) is 5.56 Å². The lowest BCUT2D eigenvalue weighted by molar-refractivity contribution is 0.0502. The van der Waals surface area contributed by atoms with Gasteiger partial charge in [0.15, 0.2) is 0 Å². The van der Waals surface area contributed by atoms with Crippen molar-refractivity contribution in [3.05, 3.63) is 46.5 Å². The zero-order valence-electron chi connectivity index (χ0n) is 9.42. The van der Waals surface area contributed by atoms with Crippen LogP contribution < -0.4 is 5.56 Å². The predicted molar refractivity (Wildman–Crippen MR) is 62.0 cm³/mol. The minimum Gasteiger partial charge on any atom is -0.462 e. The summed E-state index contributed by atoms with van der Waals surface area (Å²) in [5.41, 5.74) is 0.0587. The van der Waals surface area contributed by atoms with Crippen LogP contribution in [0.1, 0.15) is 23.7 Å². The molecule has 0 aliphatic heterocycles. The molecule has 2 aromatic heterocycles. The van der Waals surface area contributed by atoms with Crippen LogP contribution in [0.5, 0.6) is 0 Å². The summed E-state index contributed by atoms with van der Waals surface area (Å²) in [5, 5.41) is 0. The molecule has 0 saturated carbocycles. The maximum Gasteiger partial charge on any atom is 0.345 e. The van der Waals surface area contributed by atoms with Gasteiger partial charge in [0.2, 0.25) is 0 Å². The molecule has 0 spiro atoms. The fourth-order valence-electron chi connectivity index (χ4n) is 1.44. The molecular formula is C12H12N2O3. The van der Waals surface area contributed by atoms with Crippen molar-refractivity contribution in [2.75, 3.05) is 6.61 Å². The SMILES string of the molecule is CCCOC(=O)c1cnc2ccccn2c1=O. The quantitative estimate of drug-likeness (QED) is 0.747. The Labute approximate surface area is 97.7 Å². The maximum atomic E-state index is 12.0. The normalized spacial score (nSPS) is 10.4. The molecule has 5 nitrogen and oxygen atoms in total. The first-order valence-corrected chi connectivity index (χ1v) is 5.37. The van der Waals surface area contributed by atoms with E-state index in [0.29, 0.717) is 18.7 Å². The minimum atomic E-state index is -0.623. The third-order valence-corrected chi connectivity index (χ3v) is 2.27. The van der Waals surface area contributed by atoms with Crippen molar-refractivity contribution >= 4 is 11.6 Å². The van der Waals surface area contributed by atoms with E-state index in [9.17, 15) is 9.59 Å². The second kappa shape index (κ2) is 4.78. The van der Waals surface area contributed by atoms with Crippen LogP contribution >= 0.6 is 0 Å². The lowest BCUT2D eigenvalue weighted by atomic mass is 10.3. The number of carbonyl (C=O) groups is 1. The van der Waals surface area contributed by atoms with Crippen molar-refractivity contribution in [1.29, 1.82) is 0 Å². The average molecular weight is 232 g/mol. The summed E-state index contributed by atoms with van der Waals surface area (Å²) in [6, 6.07) is 5.18. The van der Waals surface area contributed by atoms with E-state index >= 15 is 0 Å². The van der Waals surface area contributed by atoms with Crippen LogP contribution in [-0.2, 0) is 4.74 Å². The number of pyridine rings is 1. The Morgan fingerprint density at radius 1 is 1.47 bits per heavy atom. The van der Waals surface area contributed by atoms with Crippen molar-refractivity contribution < 1.29 is 9.53 Å².